The van der Waals surface area contributed by atoms with Crippen LogP contribution in [0.3, 0.4) is 0 Å². The zero-order valence-corrected chi connectivity index (χ0v) is 28.3. The molecule has 0 amide bonds. The Labute approximate surface area is 282 Å². The van der Waals surface area contributed by atoms with Gasteiger partial charge in [-0.1, -0.05) is 36.3 Å². The van der Waals surface area contributed by atoms with Crippen LogP contribution in [-0.4, -0.2) is 68.7 Å². The number of benzene rings is 2. The van der Waals surface area contributed by atoms with Crippen LogP contribution in [-0.2, 0) is 0 Å². The van der Waals surface area contributed by atoms with E-state index in [1.54, 1.807) is 14.2 Å². The second kappa shape index (κ2) is 12.3. The minimum Gasteiger partial charge on any atom is -0.497 e. The first-order valence-corrected chi connectivity index (χ1v) is 17.5. The molecule has 2 aromatic rings. The molecule has 10 nitrogen and oxygen atoms in total. The molecule has 4 fully saturated rings. The summed E-state index contributed by atoms with van der Waals surface area (Å²) in [6, 6.07) is 11.6. The summed E-state index contributed by atoms with van der Waals surface area (Å²) in [5.74, 6) is 2.29. The molecule has 8 rings (SSSR count). The van der Waals surface area contributed by atoms with Gasteiger partial charge in [-0.25, -0.2) is 0 Å². The Morgan fingerprint density at radius 1 is 0.583 bits per heavy atom. The minimum atomic E-state index is -0.915. The summed E-state index contributed by atoms with van der Waals surface area (Å²) in [5.41, 5.74) is 4.42. The van der Waals surface area contributed by atoms with Crippen LogP contribution in [0.4, 0.5) is 0 Å². The molecule has 2 aromatic carbocycles. The fraction of sp³-hybridized carbons (Fsp3) is 0.632. The number of fused-ring (bicyclic) bond motifs is 10. The third-order valence-electron chi connectivity index (χ3n) is 13.9. The Kier molecular flexibility index (Phi) is 8.54. The van der Waals surface area contributed by atoms with Crippen LogP contribution in [0.25, 0.3) is 0 Å². The van der Waals surface area contributed by atoms with Crippen molar-refractivity contribution < 1.29 is 40.3 Å². The second-order valence-corrected chi connectivity index (χ2v) is 15.6. The molecule has 6 aliphatic carbocycles. The SMILES string of the molecule is COc1ccc2c(c1)[C@@H](O)/C(=N\O)[C@@H]1[C@@H]2CC[C@]2(C)[C@@H](O)CC[C@@H]12.COc1ccc2c(c1)[C@@H](O)/C(=N\O)[C@@H]1[C@@H]2CC[C@]2(C)[C@@H](O)CC[C@@H]12. The van der Waals surface area contributed by atoms with Crippen molar-refractivity contribution in [1.29, 1.82) is 0 Å². The predicted octanol–water partition coefficient (Wildman–Crippen LogP) is 5.69. The molecule has 0 saturated heterocycles. The van der Waals surface area contributed by atoms with Gasteiger partial charge >= 0.3 is 0 Å². The van der Waals surface area contributed by atoms with Gasteiger partial charge in [0, 0.05) is 11.8 Å². The first-order valence-electron chi connectivity index (χ1n) is 17.5. The van der Waals surface area contributed by atoms with Crippen LogP contribution in [0.1, 0.15) is 112 Å². The third kappa shape index (κ3) is 4.81. The van der Waals surface area contributed by atoms with Gasteiger partial charge in [0.15, 0.2) is 0 Å². The Morgan fingerprint density at radius 2 is 0.979 bits per heavy atom. The maximum atomic E-state index is 10.8. The molecule has 260 valence electrons. The van der Waals surface area contributed by atoms with Crippen molar-refractivity contribution >= 4 is 11.4 Å². The van der Waals surface area contributed by atoms with Crippen LogP contribution in [0.15, 0.2) is 46.7 Å². The molecule has 6 N–H and O–H groups in total. The molecule has 0 radical (unpaired) electrons. The Balaban J connectivity index is 0.000000152. The number of ether oxygens (including phenoxy) is 2. The van der Waals surface area contributed by atoms with Gasteiger partial charge in [-0.15, -0.1) is 0 Å². The van der Waals surface area contributed by atoms with Gasteiger partial charge in [0.1, 0.15) is 23.7 Å². The number of hydrogen-bond donors (Lipinski definition) is 6. The van der Waals surface area contributed by atoms with E-state index in [1.807, 2.05) is 36.4 Å². The van der Waals surface area contributed by atoms with Gasteiger partial charge < -0.3 is 40.3 Å². The lowest BCUT2D eigenvalue weighted by Crippen LogP contribution is -2.48. The molecule has 0 aromatic heterocycles. The van der Waals surface area contributed by atoms with Crippen molar-refractivity contribution in [2.45, 2.75) is 101 Å². The Hall–Kier alpha value is -3.18. The van der Waals surface area contributed by atoms with Crippen molar-refractivity contribution in [2.24, 2.45) is 44.8 Å². The standard InChI is InChI=1S/2C19H25NO4/c2*1-19-8-7-12-11-4-3-10(24-2)9-13(11)18(22)17(20-23)16(12)14(19)5-6-15(19)21/h2*3-4,9,12,14-16,18,21-23H,5-8H2,1-2H3/b2*20-17-/t2*12-,14+,15+,16-,18-,19+/m11/s1. The predicted molar refractivity (Wildman–Crippen MR) is 179 cm³/mol. The Morgan fingerprint density at radius 3 is 1.33 bits per heavy atom. The quantitative estimate of drug-likeness (QED) is 0.177. The van der Waals surface area contributed by atoms with Crippen molar-refractivity contribution in [3.8, 4) is 11.5 Å². The molecule has 0 aliphatic heterocycles. The molecule has 4 saturated carbocycles. The summed E-state index contributed by atoms with van der Waals surface area (Å²) in [7, 11) is 3.21. The summed E-state index contributed by atoms with van der Waals surface area (Å²) >= 11 is 0. The van der Waals surface area contributed by atoms with Crippen LogP contribution in [0, 0.1) is 34.5 Å². The zero-order valence-electron chi connectivity index (χ0n) is 28.3. The molecule has 0 bridgehead atoms. The zero-order chi connectivity index (χ0) is 34.1. The summed E-state index contributed by atoms with van der Waals surface area (Å²) in [4.78, 5) is 0. The lowest BCUT2D eigenvalue weighted by atomic mass is 9.54. The van der Waals surface area contributed by atoms with E-state index in [9.17, 15) is 30.8 Å². The summed E-state index contributed by atoms with van der Waals surface area (Å²) < 4.78 is 10.6. The molecule has 10 heteroatoms. The van der Waals surface area contributed by atoms with Crippen molar-refractivity contribution in [3.05, 3.63) is 58.7 Å². The molecular formula is C38H50N2O8. The monoisotopic (exact) mass is 662 g/mol. The average molecular weight is 663 g/mol. The summed E-state index contributed by atoms with van der Waals surface area (Å²) in [5, 5.41) is 69.0. The van der Waals surface area contributed by atoms with E-state index < -0.39 is 12.2 Å². The molecule has 12 atom stereocenters. The van der Waals surface area contributed by atoms with E-state index in [0.29, 0.717) is 22.9 Å². The van der Waals surface area contributed by atoms with Crippen molar-refractivity contribution in [1.82, 2.24) is 0 Å². The van der Waals surface area contributed by atoms with Crippen LogP contribution in [0.2, 0.25) is 0 Å². The van der Waals surface area contributed by atoms with Gasteiger partial charge in [-0.2, -0.15) is 0 Å². The fourth-order valence-corrected chi connectivity index (χ4v) is 11.2. The summed E-state index contributed by atoms with van der Waals surface area (Å²) in [6.07, 6.45) is 4.73. The number of methoxy groups -OCH3 is 2. The summed E-state index contributed by atoms with van der Waals surface area (Å²) in [6.45, 7) is 4.30. The first-order chi connectivity index (χ1) is 23.0. The number of aliphatic hydroxyl groups is 4. The van der Waals surface area contributed by atoms with Gasteiger partial charge in [-0.3, -0.25) is 0 Å². The van der Waals surface area contributed by atoms with E-state index in [0.717, 1.165) is 73.6 Å². The van der Waals surface area contributed by atoms with Crippen LogP contribution in [0.5, 0.6) is 11.5 Å². The van der Waals surface area contributed by atoms with Gasteiger partial charge in [0.2, 0.25) is 0 Å². The number of hydrogen-bond acceptors (Lipinski definition) is 10. The number of nitrogens with zero attached hydrogens (tertiary/aromatic N) is 2. The van der Waals surface area contributed by atoms with Crippen molar-refractivity contribution in [3.63, 3.8) is 0 Å². The fourth-order valence-electron chi connectivity index (χ4n) is 11.2. The average Bonchev–Trinajstić information content (AvgIpc) is 3.58. The number of rotatable bonds is 2. The molecule has 0 heterocycles. The highest BCUT2D eigenvalue weighted by molar-refractivity contribution is 5.95. The van der Waals surface area contributed by atoms with E-state index >= 15 is 0 Å². The van der Waals surface area contributed by atoms with Crippen molar-refractivity contribution in [2.75, 3.05) is 14.2 Å². The molecular weight excluding hydrogens is 612 g/mol. The number of oxime groups is 2. The maximum absolute atomic E-state index is 10.8. The second-order valence-electron chi connectivity index (χ2n) is 15.6. The molecule has 6 aliphatic rings. The highest BCUT2D eigenvalue weighted by atomic mass is 16.5. The van der Waals surface area contributed by atoms with Crippen LogP contribution < -0.4 is 9.47 Å². The van der Waals surface area contributed by atoms with E-state index in [-0.39, 0.29) is 58.5 Å². The van der Waals surface area contributed by atoms with E-state index in [2.05, 4.69) is 24.2 Å². The number of aliphatic hydroxyl groups excluding tert-OH is 4. The third-order valence-corrected chi connectivity index (χ3v) is 13.9. The largest absolute Gasteiger partial charge is 0.497 e. The topological polar surface area (TPSA) is 165 Å². The van der Waals surface area contributed by atoms with Gasteiger partial charge in [0.25, 0.3) is 0 Å². The highest BCUT2D eigenvalue weighted by Crippen LogP contribution is 2.63. The lowest BCUT2D eigenvalue weighted by molar-refractivity contribution is -0.00838. The lowest BCUT2D eigenvalue weighted by Gasteiger charge is -2.50. The molecule has 48 heavy (non-hydrogen) atoms. The minimum absolute atomic E-state index is 0.0122. The first kappa shape index (κ1) is 33.3. The van der Waals surface area contributed by atoms with E-state index in [4.69, 9.17) is 9.47 Å². The van der Waals surface area contributed by atoms with Gasteiger partial charge in [0.05, 0.1) is 37.9 Å². The molecule has 0 unspecified atom stereocenters. The highest BCUT2D eigenvalue weighted by Gasteiger charge is 2.59. The maximum Gasteiger partial charge on any atom is 0.121 e. The Bertz CT molecular complexity index is 1490. The molecule has 0 spiro atoms. The van der Waals surface area contributed by atoms with Crippen LogP contribution >= 0.6 is 0 Å². The van der Waals surface area contributed by atoms with Gasteiger partial charge in [-0.05, 0) is 132 Å². The smallest absolute Gasteiger partial charge is 0.121 e. The normalized spacial score (nSPS) is 42.3. The van der Waals surface area contributed by atoms with E-state index in [1.165, 1.54) is 0 Å².